The average Bonchev–Trinajstić information content (AvgIpc) is 2.70. The fraction of sp³-hybridized carbons (Fsp3) is 0.900. The molecule has 5 nitrogen and oxygen atoms in total. The van der Waals surface area contributed by atoms with Crippen molar-refractivity contribution >= 4 is 5.91 Å². The summed E-state index contributed by atoms with van der Waals surface area (Å²) in [5.41, 5.74) is 0. The number of likely N-dealkylation sites (N-methyl/N-ethyl adjacent to an activating group) is 1. The number of carbonyl (C=O) groups is 1. The standard InChI is InChI=1S/C10H21N3O2/c1-13(9-3-4-11-7-9)8-10(14)12-5-6-15-2/h9,11H,3-8H2,1-2H3,(H,12,14). The second-order valence-electron chi connectivity index (χ2n) is 3.90. The van der Waals surface area contributed by atoms with Crippen LogP contribution in [0.25, 0.3) is 0 Å². The van der Waals surface area contributed by atoms with Crippen LogP contribution in [0.1, 0.15) is 6.42 Å². The maximum atomic E-state index is 11.5. The van der Waals surface area contributed by atoms with Crippen LogP contribution in [-0.2, 0) is 9.53 Å². The predicted octanol–water partition coefficient (Wildman–Crippen LogP) is -0.957. The van der Waals surface area contributed by atoms with Crippen molar-refractivity contribution in [3.8, 4) is 0 Å². The molecule has 0 spiro atoms. The minimum Gasteiger partial charge on any atom is -0.383 e. The third kappa shape index (κ3) is 4.59. The Balaban J connectivity index is 2.13. The van der Waals surface area contributed by atoms with E-state index in [1.807, 2.05) is 7.05 Å². The Morgan fingerprint density at radius 2 is 2.47 bits per heavy atom. The van der Waals surface area contributed by atoms with Gasteiger partial charge in [-0.2, -0.15) is 0 Å². The first-order chi connectivity index (χ1) is 7.24. The molecule has 1 fully saturated rings. The number of rotatable bonds is 6. The maximum Gasteiger partial charge on any atom is 0.234 e. The first kappa shape index (κ1) is 12.4. The van der Waals surface area contributed by atoms with Crippen LogP contribution >= 0.6 is 0 Å². The molecular weight excluding hydrogens is 194 g/mol. The molecule has 2 N–H and O–H groups in total. The monoisotopic (exact) mass is 215 g/mol. The Kier molecular flexibility index (Phi) is 5.60. The van der Waals surface area contributed by atoms with Crippen LogP contribution in [0.2, 0.25) is 0 Å². The van der Waals surface area contributed by atoms with Crippen LogP contribution in [0.3, 0.4) is 0 Å². The number of nitrogens with zero attached hydrogens (tertiary/aromatic N) is 1. The van der Waals surface area contributed by atoms with Gasteiger partial charge in [-0.1, -0.05) is 0 Å². The lowest BCUT2D eigenvalue weighted by Gasteiger charge is -2.22. The SMILES string of the molecule is COCCNC(=O)CN(C)C1CCNC1. The van der Waals surface area contributed by atoms with Gasteiger partial charge in [-0.25, -0.2) is 0 Å². The normalized spacial score (nSPS) is 20.9. The van der Waals surface area contributed by atoms with Gasteiger partial charge in [-0.15, -0.1) is 0 Å². The molecule has 5 heteroatoms. The zero-order chi connectivity index (χ0) is 11.1. The third-order valence-corrected chi connectivity index (χ3v) is 2.68. The molecule has 1 amide bonds. The summed E-state index contributed by atoms with van der Waals surface area (Å²) in [4.78, 5) is 13.6. The highest BCUT2D eigenvalue weighted by Gasteiger charge is 2.20. The number of hydrogen-bond acceptors (Lipinski definition) is 4. The molecule has 15 heavy (non-hydrogen) atoms. The number of nitrogens with one attached hydrogen (secondary N) is 2. The van der Waals surface area contributed by atoms with E-state index in [1.54, 1.807) is 7.11 Å². The lowest BCUT2D eigenvalue weighted by molar-refractivity contribution is -0.122. The molecule has 1 rings (SSSR count). The molecule has 0 aliphatic carbocycles. The highest BCUT2D eigenvalue weighted by molar-refractivity contribution is 5.77. The van der Waals surface area contributed by atoms with Crippen molar-refractivity contribution in [1.29, 1.82) is 0 Å². The molecule has 1 heterocycles. The first-order valence-corrected chi connectivity index (χ1v) is 5.40. The molecule has 0 saturated carbocycles. The molecule has 1 unspecified atom stereocenters. The van der Waals surface area contributed by atoms with Crippen molar-refractivity contribution in [3.05, 3.63) is 0 Å². The van der Waals surface area contributed by atoms with Gasteiger partial charge in [0.25, 0.3) is 0 Å². The lowest BCUT2D eigenvalue weighted by Crippen LogP contribution is -2.42. The lowest BCUT2D eigenvalue weighted by atomic mass is 10.2. The van der Waals surface area contributed by atoms with E-state index in [9.17, 15) is 4.79 Å². The van der Waals surface area contributed by atoms with Crippen LogP contribution in [0.5, 0.6) is 0 Å². The molecule has 0 radical (unpaired) electrons. The van der Waals surface area contributed by atoms with Crippen LogP contribution in [0.4, 0.5) is 0 Å². The van der Waals surface area contributed by atoms with Crippen molar-refractivity contribution in [3.63, 3.8) is 0 Å². The molecule has 1 aliphatic rings. The summed E-state index contributed by atoms with van der Waals surface area (Å²) in [6.07, 6.45) is 1.13. The summed E-state index contributed by atoms with van der Waals surface area (Å²) in [6, 6.07) is 0.498. The number of amides is 1. The van der Waals surface area contributed by atoms with Crippen LogP contribution in [0, 0.1) is 0 Å². The fourth-order valence-electron chi connectivity index (χ4n) is 1.72. The van der Waals surface area contributed by atoms with Crippen LogP contribution < -0.4 is 10.6 Å². The quantitative estimate of drug-likeness (QED) is 0.561. The van der Waals surface area contributed by atoms with Crippen molar-refractivity contribution < 1.29 is 9.53 Å². The largest absolute Gasteiger partial charge is 0.383 e. The molecule has 0 aromatic carbocycles. The minimum absolute atomic E-state index is 0.0708. The number of ether oxygens (including phenoxy) is 1. The molecule has 1 atom stereocenters. The third-order valence-electron chi connectivity index (χ3n) is 2.68. The summed E-state index contributed by atoms with van der Waals surface area (Å²) in [5, 5.41) is 6.10. The summed E-state index contributed by atoms with van der Waals surface area (Å²) in [7, 11) is 3.62. The number of methoxy groups -OCH3 is 1. The Bertz CT molecular complexity index is 193. The molecule has 0 aromatic rings. The average molecular weight is 215 g/mol. The van der Waals surface area contributed by atoms with E-state index in [1.165, 1.54) is 0 Å². The number of carbonyl (C=O) groups excluding carboxylic acids is 1. The summed E-state index contributed by atoms with van der Waals surface area (Å²) >= 11 is 0. The topological polar surface area (TPSA) is 53.6 Å². The molecule has 1 saturated heterocycles. The fourth-order valence-corrected chi connectivity index (χ4v) is 1.72. The van der Waals surface area contributed by atoms with Crippen molar-refractivity contribution in [2.75, 3.05) is 46.9 Å². The van der Waals surface area contributed by atoms with Gasteiger partial charge in [0, 0.05) is 26.2 Å². The smallest absolute Gasteiger partial charge is 0.234 e. The summed E-state index contributed by atoms with van der Waals surface area (Å²) < 4.78 is 4.86. The van der Waals surface area contributed by atoms with Crippen molar-refractivity contribution in [1.82, 2.24) is 15.5 Å². The zero-order valence-electron chi connectivity index (χ0n) is 9.58. The van der Waals surface area contributed by atoms with E-state index < -0.39 is 0 Å². The van der Waals surface area contributed by atoms with Gasteiger partial charge in [0.15, 0.2) is 0 Å². The number of hydrogen-bond donors (Lipinski definition) is 2. The molecule has 88 valence electrons. The highest BCUT2D eigenvalue weighted by Crippen LogP contribution is 2.04. The van der Waals surface area contributed by atoms with Crippen molar-refractivity contribution in [2.24, 2.45) is 0 Å². The van der Waals surface area contributed by atoms with Crippen molar-refractivity contribution in [2.45, 2.75) is 12.5 Å². The minimum atomic E-state index is 0.0708. The van der Waals surface area contributed by atoms with Gasteiger partial charge >= 0.3 is 0 Å². The van der Waals surface area contributed by atoms with E-state index in [0.717, 1.165) is 19.5 Å². The zero-order valence-corrected chi connectivity index (χ0v) is 9.58. The van der Waals surface area contributed by atoms with Gasteiger partial charge in [-0.3, -0.25) is 9.69 Å². The molecule has 0 aromatic heterocycles. The van der Waals surface area contributed by atoms with Crippen LogP contribution in [0.15, 0.2) is 0 Å². The van der Waals surface area contributed by atoms with Gasteiger partial charge in [0.2, 0.25) is 5.91 Å². The van der Waals surface area contributed by atoms with E-state index in [2.05, 4.69) is 15.5 Å². The summed E-state index contributed by atoms with van der Waals surface area (Å²) in [6.45, 7) is 3.67. The van der Waals surface area contributed by atoms with E-state index in [0.29, 0.717) is 25.7 Å². The van der Waals surface area contributed by atoms with Crippen LogP contribution in [-0.4, -0.2) is 63.8 Å². The summed E-state index contributed by atoms with van der Waals surface area (Å²) in [5.74, 6) is 0.0708. The van der Waals surface area contributed by atoms with E-state index >= 15 is 0 Å². The molecule has 1 aliphatic heterocycles. The Morgan fingerprint density at radius 3 is 3.07 bits per heavy atom. The van der Waals surface area contributed by atoms with Gasteiger partial charge in [-0.05, 0) is 20.0 Å². The maximum absolute atomic E-state index is 11.5. The van der Waals surface area contributed by atoms with Gasteiger partial charge in [0.05, 0.1) is 13.2 Å². The van der Waals surface area contributed by atoms with Gasteiger partial charge in [0.1, 0.15) is 0 Å². The van der Waals surface area contributed by atoms with E-state index in [-0.39, 0.29) is 5.91 Å². The predicted molar refractivity (Wildman–Crippen MR) is 58.8 cm³/mol. The molecular formula is C10H21N3O2. The first-order valence-electron chi connectivity index (χ1n) is 5.40. The Labute approximate surface area is 91.2 Å². The second-order valence-corrected chi connectivity index (χ2v) is 3.90. The van der Waals surface area contributed by atoms with E-state index in [4.69, 9.17) is 4.74 Å². The van der Waals surface area contributed by atoms with Gasteiger partial charge < -0.3 is 15.4 Å². The molecule has 0 bridgehead atoms. The second kappa shape index (κ2) is 6.76. The Hall–Kier alpha value is -0.650. The Morgan fingerprint density at radius 1 is 1.67 bits per heavy atom. The highest BCUT2D eigenvalue weighted by atomic mass is 16.5.